The monoisotopic (exact) mass is 732 g/mol. The first-order valence-electron chi connectivity index (χ1n) is 23.6. The van der Waals surface area contributed by atoms with Gasteiger partial charge in [-0.05, 0) is 32.1 Å². The predicted octanol–water partition coefficient (Wildman–Crippen LogP) is 14.8. The molecule has 0 aromatic heterocycles. The van der Waals surface area contributed by atoms with E-state index in [-0.39, 0.29) is 12.5 Å². The molecule has 3 N–H and O–H groups in total. The standard InChI is InChI=1S/C48H93NO3/c1-3-5-7-9-11-13-15-17-18-19-20-21-22-23-24-25-26-27-28-29-30-32-34-36-38-40-42-44-48(52)49-46(45-50)47(51)43-41-39-37-35-33-31-16-14-12-10-8-6-4-2/h33,35,41,43,46-47,50-51H,3-32,34,36-40,42,44-45H2,1-2H3,(H,49,52)/b35-33+,43-41+. The zero-order valence-corrected chi connectivity index (χ0v) is 35.3. The van der Waals surface area contributed by atoms with E-state index in [0.29, 0.717) is 6.42 Å². The van der Waals surface area contributed by atoms with E-state index in [0.717, 1.165) is 32.1 Å². The fraction of sp³-hybridized carbons (Fsp3) is 0.896. The number of aliphatic hydroxyl groups is 2. The fourth-order valence-corrected chi connectivity index (χ4v) is 7.31. The van der Waals surface area contributed by atoms with Crippen LogP contribution in [0.3, 0.4) is 0 Å². The number of nitrogens with one attached hydrogen (secondary N) is 1. The molecule has 0 fully saturated rings. The van der Waals surface area contributed by atoms with Gasteiger partial charge in [-0.2, -0.15) is 0 Å². The molecule has 4 heteroatoms. The Kier molecular flexibility index (Phi) is 43.3. The highest BCUT2D eigenvalue weighted by Gasteiger charge is 2.17. The van der Waals surface area contributed by atoms with Crippen LogP contribution < -0.4 is 5.32 Å². The van der Waals surface area contributed by atoms with Crippen molar-refractivity contribution in [1.29, 1.82) is 0 Å². The van der Waals surface area contributed by atoms with Crippen LogP contribution in [0.1, 0.15) is 258 Å². The third kappa shape index (κ3) is 40.1. The molecule has 4 nitrogen and oxygen atoms in total. The van der Waals surface area contributed by atoms with E-state index in [1.165, 1.54) is 205 Å². The molecule has 0 bridgehead atoms. The molecule has 2 unspecified atom stereocenters. The maximum atomic E-state index is 12.4. The largest absolute Gasteiger partial charge is 0.394 e. The van der Waals surface area contributed by atoms with E-state index in [4.69, 9.17) is 0 Å². The van der Waals surface area contributed by atoms with Gasteiger partial charge in [-0.1, -0.05) is 244 Å². The normalized spacial score (nSPS) is 13.1. The van der Waals surface area contributed by atoms with E-state index in [1.807, 2.05) is 6.08 Å². The van der Waals surface area contributed by atoms with Crippen molar-refractivity contribution in [1.82, 2.24) is 5.32 Å². The van der Waals surface area contributed by atoms with E-state index in [9.17, 15) is 15.0 Å². The molecule has 52 heavy (non-hydrogen) atoms. The second-order valence-corrected chi connectivity index (χ2v) is 16.2. The summed E-state index contributed by atoms with van der Waals surface area (Å²) in [6.07, 6.45) is 57.4. The van der Waals surface area contributed by atoms with Crippen LogP contribution in [0.5, 0.6) is 0 Å². The van der Waals surface area contributed by atoms with E-state index >= 15 is 0 Å². The fourth-order valence-electron chi connectivity index (χ4n) is 7.31. The molecule has 1 amide bonds. The highest BCUT2D eigenvalue weighted by atomic mass is 16.3. The minimum Gasteiger partial charge on any atom is -0.394 e. The van der Waals surface area contributed by atoms with Gasteiger partial charge >= 0.3 is 0 Å². The topological polar surface area (TPSA) is 69.6 Å². The van der Waals surface area contributed by atoms with Crippen LogP contribution in [0.25, 0.3) is 0 Å². The van der Waals surface area contributed by atoms with E-state index in [1.54, 1.807) is 6.08 Å². The average molecular weight is 732 g/mol. The second kappa shape index (κ2) is 44.3. The Morgan fingerprint density at radius 3 is 1.12 bits per heavy atom. The van der Waals surface area contributed by atoms with Crippen molar-refractivity contribution < 1.29 is 15.0 Å². The van der Waals surface area contributed by atoms with E-state index in [2.05, 4.69) is 31.3 Å². The number of unbranched alkanes of at least 4 members (excludes halogenated alkanes) is 34. The Balaban J connectivity index is 3.47. The first-order chi connectivity index (χ1) is 25.7. The van der Waals surface area contributed by atoms with Crippen molar-refractivity contribution in [2.24, 2.45) is 0 Å². The lowest BCUT2D eigenvalue weighted by Crippen LogP contribution is -2.45. The molecule has 308 valence electrons. The summed E-state index contributed by atoms with van der Waals surface area (Å²) in [4.78, 5) is 12.4. The van der Waals surface area contributed by atoms with Crippen molar-refractivity contribution >= 4 is 5.91 Å². The van der Waals surface area contributed by atoms with Gasteiger partial charge in [0.2, 0.25) is 5.91 Å². The predicted molar refractivity (Wildman–Crippen MR) is 230 cm³/mol. The van der Waals surface area contributed by atoms with Gasteiger partial charge in [0.15, 0.2) is 0 Å². The zero-order valence-electron chi connectivity index (χ0n) is 35.3. The summed E-state index contributed by atoms with van der Waals surface area (Å²) >= 11 is 0. The van der Waals surface area contributed by atoms with Crippen LogP contribution in [0.2, 0.25) is 0 Å². The minimum absolute atomic E-state index is 0.0700. The Labute approximate surface area is 326 Å². The summed E-state index contributed by atoms with van der Waals surface area (Å²) in [5.41, 5.74) is 0. The van der Waals surface area contributed by atoms with Crippen molar-refractivity contribution in [2.75, 3.05) is 6.61 Å². The molecule has 0 aliphatic carbocycles. The molecule has 2 atom stereocenters. The van der Waals surface area contributed by atoms with Gasteiger partial charge in [-0.25, -0.2) is 0 Å². The Morgan fingerprint density at radius 1 is 0.442 bits per heavy atom. The van der Waals surface area contributed by atoms with Crippen molar-refractivity contribution in [3.63, 3.8) is 0 Å². The third-order valence-corrected chi connectivity index (χ3v) is 10.9. The first-order valence-corrected chi connectivity index (χ1v) is 23.6. The average Bonchev–Trinajstić information content (AvgIpc) is 3.15. The van der Waals surface area contributed by atoms with E-state index < -0.39 is 12.1 Å². The summed E-state index contributed by atoms with van der Waals surface area (Å²) in [6, 6.07) is -0.634. The summed E-state index contributed by atoms with van der Waals surface area (Å²) < 4.78 is 0. The quantitative estimate of drug-likeness (QED) is 0.0432. The molecule has 0 aromatic rings. The van der Waals surface area contributed by atoms with Crippen molar-refractivity contribution in [3.8, 4) is 0 Å². The summed E-state index contributed by atoms with van der Waals surface area (Å²) in [5, 5.41) is 23.0. The van der Waals surface area contributed by atoms with Crippen LogP contribution in [0.15, 0.2) is 24.3 Å². The Hall–Kier alpha value is -1.13. The van der Waals surface area contributed by atoms with Gasteiger partial charge in [-0.3, -0.25) is 4.79 Å². The van der Waals surface area contributed by atoms with Crippen LogP contribution in [0.4, 0.5) is 0 Å². The maximum absolute atomic E-state index is 12.4. The number of aliphatic hydroxyl groups excluding tert-OH is 2. The summed E-state index contributed by atoms with van der Waals surface area (Å²) in [5.74, 6) is -0.0700. The van der Waals surface area contributed by atoms with Gasteiger partial charge in [-0.15, -0.1) is 0 Å². The lowest BCUT2D eigenvalue weighted by molar-refractivity contribution is -0.123. The number of carbonyl (C=O) groups is 1. The molecule has 0 saturated heterocycles. The van der Waals surface area contributed by atoms with Crippen LogP contribution in [-0.2, 0) is 4.79 Å². The minimum atomic E-state index is -0.857. The summed E-state index contributed by atoms with van der Waals surface area (Å²) in [6.45, 7) is 4.30. The zero-order chi connectivity index (χ0) is 37.8. The van der Waals surface area contributed by atoms with Crippen molar-refractivity contribution in [2.45, 2.75) is 270 Å². The highest BCUT2D eigenvalue weighted by Crippen LogP contribution is 2.16. The molecule has 0 saturated carbocycles. The van der Waals surface area contributed by atoms with Crippen LogP contribution in [0, 0.1) is 0 Å². The van der Waals surface area contributed by atoms with Gasteiger partial charge in [0.1, 0.15) is 0 Å². The number of rotatable bonds is 43. The number of amides is 1. The molecular formula is C48H93NO3. The van der Waals surface area contributed by atoms with Crippen LogP contribution in [-0.4, -0.2) is 34.9 Å². The second-order valence-electron chi connectivity index (χ2n) is 16.2. The van der Waals surface area contributed by atoms with Crippen molar-refractivity contribution in [3.05, 3.63) is 24.3 Å². The number of hydrogen-bond acceptors (Lipinski definition) is 3. The van der Waals surface area contributed by atoms with Gasteiger partial charge in [0.05, 0.1) is 18.8 Å². The number of allylic oxidation sites excluding steroid dienone is 3. The third-order valence-electron chi connectivity index (χ3n) is 10.9. The molecule has 0 aliphatic heterocycles. The SMILES string of the molecule is CCCCCCCCC/C=C/CC/C=C/C(O)C(CO)NC(=O)CCCCCCCCCCCCCCCCCCCCCCCCCCCCC. The number of hydrogen-bond donors (Lipinski definition) is 3. The Morgan fingerprint density at radius 2 is 0.750 bits per heavy atom. The lowest BCUT2D eigenvalue weighted by atomic mass is 10.0. The lowest BCUT2D eigenvalue weighted by Gasteiger charge is -2.19. The number of carbonyl (C=O) groups excluding carboxylic acids is 1. The first kappa shape index (κ1) is 50.9. The van der Waals surface area contributed by atoms with Crippen LogP contribution >= 0.6 is 0 Å². The highest BCUT2D eigenvalue weighted by molar-refractivity contribution is 5.76. The van der Waals surface area contributed by atoms with Gasteiger partial charge in [0.25, 0.3) is 0 Å². The maximum Gasteiger partial charge on any atom is 0.220 e. The molecule has 0 spiro atoms. The smallest absolute Gasteiger partial charge is 0.220 e. The summed E-state index contributed by atoms with van der Waals surface area (Å²) in [7, 11) is 0. The Bertz CT molecular complexity index is 750. The molecule has 0 aliphatic rings. The molecule has 0 radical (unpaired) electrons. The molecule has 0 heterocycles. The molecule has 0 aromatic carbocycles. The molecular weight excluding hydrogens is 639 g/mol. The van der Waals surface area contributed by atoms with Gasteiger partial charge in [0, 0.05) is 6.42 Å². The van der Waals surface area contributed by atoms with Gasteiger partial charge < -0.3 is 15.5 Å². The molecule has 0 rings (SSSR count).